The number of fused-ring (bicyclic) bond motifs is 1. The second kappa shape index (κ2) is 10.3. The third kappa shape index (κ3) is 5.78. The van der Waals surface area contributed by atoms with Crippen molar-refractivity contribution >= 4 is 40.3 Å². The average Bonchev–Trinajstić information content (AvgIpc) is 3.20. The summed E-state index contributed by atoms with van der Waals surface area (Å²) in [4.78, 5) is 14.0. The number of nitrogens with two attached hydrogens (primary N) is 1. The Balaban J connectivity index is 1.53. The molecule has 0 radical (unpaired) electrons. The topological polar surface area (TPSA) is 103 Å². The number of aromatic nitrogens is 4. The van der Waals surface area contributed by atoms with Gasteiger partial charge in [0.2, 0.25) is 11.9 Å². The fraction of sp³-hybridized carbons (Fsp3) is 0.560. The first-order valence-electron chi connectivity index (χ1n) is 12.6. The van der Waals surface area contributed by atoms with E-state index in [0.717, 1.165) is 50.7 Å². The van der Waals surface area contributed by atoms with E-state index in [9.17, 15) is 13.2 Å². The molecule has 0 atom stereocenters. The number of anilines is 3. The van der Waals surface area contributed by atoms with Crippen molar-refractivity contribution in [3.63, 3.8) is 0 Å². The van der Waals surface area contributed by atoms with Crippen LogP contribution in [0.3, 0.4) is 0 Å². The van der Waals surface area contributed by atoms with E-state index >= 15 is 0 Å². The van der Waals surface area contributed by atoms with Gasteiger partial charge in [0.1, 0.15) is 5.52 Å². The summed E-state index contributed by atoms with van der Waals surface area (Å²) in [5.74, 6) is 1.36. The predicted molar refractivity (Wildman–Crippen MR) is 137 cm³/mol. The summed E-state index contributed by atoms with van der Waals surface area (Å²) in [5.41, 5.74) is 6.27. The molecule has 1 aromatic carbocycles. The number of nitrogens with one attached hydrogen (secondary N) is 2. The summed E-state index contributed by atoms with van der Waals surface area (Å²) in [6, 6.07) is 3.46. The van der Waals surface area contributed by atoms with Gasteiger partial charge in [-0.15, -0.1) is 0 Å². The fourth-order valence-electron chi connectivity index (χ4n) is 5.20. The van der Waals surface area contributed by atoms with Gasteiger partial charge in [0.25, 0.3) is 0 Å². The number of ether oxygens (including phenoxy) is 1. The molecule has 1 saturated heterocycles. The highest BCUT2D eigenvalue weighted by molar-refractivity contribution is 6.31. The van der Waals surface area contributed by atoms with Crippen LogP contribution in [0.1, 0.15) is 57.1 Å². The molecule has 2 fully saturated rings. The van der Waals surface area contributed by atoms with Crippen molar-refractivity contribution in [3.05, 3.63) is 35.0 Å². The van der Waals surface area contributed by atoms with Crippen molar-refractivity contribution in [1.82, 2.24) is 19.5 Å². The maximum absolute atomic E-state index is 13.4. The zero-order chi connectivity index (χ0) is 26.2. The number of nitrogens with zero attached hydrogens (tertiary/aromatic N) is 4. The first-order valence-corrected chi connectivity index (χ1v) is 13.0. The molecule has 4 N–H and O–H groups in total. The van der Waals surface area contributed by atoms with Crippen LogP contribution in [0.2, 0.25) is 5.02 Å². The Labute approximate surface area is 218 Å². The van der Waals surface area contributed by atoms with Gasteiger partial charge in [0.15, 0.2) is 5.65 Å². The lowest BCUT2D eigenvalue weighted by Gasteiger charge is -2.34. The van der Waals surface area contributed by atoms with E-state index < -0.39 is 11.7 Å². The van der Waals surface area contributed by atoms with Crippen molar-refractivity contribution in [3.8, 4) is 0 Å². The number of hydrogen-bond acceptors (Lipinski definition) is 7. The maximum atomic E-state index is 13.4. The summed E-state index contributed by atoms with van der Waals surface area (Å²) in [7, 11) is 0. The molecular weight excluding hydrogens is 507 g/mol. The van der Waals surface area contributed by atoms with Gasteiger partial charge in [-0.25, -0.2) is 9.97 Å². The molecule has 2 aromatic heterocycles. The standard InChI is InChI=1S/C25H31ClF3N7O/c1-24(6-8-37-9-7-24)35-22-31-14-20-21(34-22)36(19-4-2-15(13-30)3-5-19)23(33-20)32-18-11-16(25(27,28)29)10-17(26)12-18/h10-12,14-15,19H,2-9,13,30H2,1H3,(H,32,33)(H,31,34,35)/t15-,19-. The molecule has 0 unspecified atom stereocenters. The second-order valence-electron chi connectivity index (χ2n) is 10.3. The Kier molecular flexibility index (Phi) is 7.21. The molecule has 3 aromatic rings. The Morgan fingerprint density at radius 1 is 1.14 bits per heavy atom. The third-order valence-corrected chi connectivity index (χ3v) is 7.66. The number of halogens is 4. The highest BCUT2D eigenvalue weighted by Gasteiger charge is 2.32. The summed E-state index contributed by atoms with van der Waals surface area (Å²) in [6.07, 6.45) is 2.46. The van der Waals surface area contributed by atoms with Crippen LogP contribution in [0, 0.1) is 5.92 Å². The van der Waals surface area contributed by atoms with Gasteiger partial charge in [0.05, 0.1) is 11.8 Å². The zero-order valence-electron chi connectivity index (χ0n) is 20.6. The van der Waals surface area contributed by atoms with E-state index in [1.807, 2.05) is 4.57 Å². The predicted octanol–water partition coefficient (Wildman–Crippen LogP) is 5.91. The van der Waals surface area contributed by atoms with Crippen LogP contribution < -0.4 is 16.4 Å². The van der Waals surface area contributed by atoms with Gasteiger partial charge in [-0.3, -0.25) is 4.57 Å². The van der Waals surface area contributed by atoms with E-state index in [1.54, 1.807) is 6.20 Å². The number of alkyl halides is 3. The van der Waals surface area contributed by atoms with Crippen LogP contribution in [0.4, 0.5) is 30.8 Å². The van der Waals surface area contributed by atoms with Crippen LogP contribution in [0.5, 0.6) is 0 Å². The van der Waals surface area contributed by atoms with Gasteiger partial charge < -0.3 is 21.1 Å². The molecule has 3 heterocycles. The van der Waals surface area contributed by atoms with E-state index in [1.165, 1.54) is 6.07 Å². The number of imidazole rings is 1. The summed E-state index contributed by atoms with van der Waals surface area (Å²) >= 11 is 6.03. The van der Waals surface area contributed by atoms with Crippen LogP contribution in [0.15, 0.2) is 24.4 Å². The molecule has 5 rings (SSSR count). The quantitative estimate of drug-likeness (QED) is 0.359. The molecule has 37 heavy (non-hydrogen) atoms. The van der Waals surface area contributed by atoms with E-state index in [-0.39, 0.29) is 22.3 Å². The summed E-state index contributed by atoms with van der Waals surface area (Å²) in [6.45, 7) is 4.10. The smallest absolute Gasteiger partial charge is 0.381 e. The first-order chi connectivity index (χ1) is 17.6. The normalized spacial score (nSPS) is 22.2. The molecule has 1 saturated carbocycles. The SMILES string of the molecule is CC1(Nc2ncc3nc(Nc4cc(Cl)cc(C(F)(F)F)c4)n([C@H]4CC[C@H](CN)CC4)c3n2)CCOCC1. The lowest BCUT2D eigenvalue weighted by atomic mass is 9.86. The number of rotatable bonds is 6. The van der Waals surface area contributed by atoms with Gasteiger partial charge in [-0.05, 0) is 76.1 Å². The molecule has 12 heteroatoms. The highest BCUT2D eigenvalue weighted by atomic mass is 35.5. The van der Waals surface area contributed by atoms with Crippen LogP contribution in [-0.2, 0) is 10.9 Å². The zero-order valence-corrected chi connectivity index (χ0v) is 21.4. The maximum Gasteiger partial charge on any atom is 0.416 e. The van der Waals surface area contributed by atoms with Crippen LogP contribution >= 0.6 is 11.6 Å². The monoisotopic (exact) mass is 537 g/mol. The Bertz CT molecular complexity index is 1250. The minimum absolute atomic E-state index is 0.0144. The van der Waals surface area contributed by atoms with Crippen molar-refractivity contribution < 1.29 is 17.9 Å². The molecule has 0 amide bonds. The first kappa shape index (κ1) is 26.0. The van der Waals surface area contributed by atoms with Gasteiger partial charge in [-0.1, -0.05) is 11.6 Å². The Hall–Kier alpha value is -2.63. The lowest BCUT2D eigenvalue weighted by Crippen LogP contribution is -2.41. The van der Waals surface area contributed by atoms with E-state index in [0.29, 0.717) is 48.7 Å². The summed E-state index contributed by atoms with van der Waals surface area (Å²) < 4.78 is 47.7. The third-order valence-electron chi connectivity index (χ3n) is 7.44. The van der Waals surface area contributed by atoms with E-state index in [2.05, 4.69) is 27.5 Å². The van der Waals surface area contributed by atoms with Crippen molar-refractivity contribution in [2.45, 2.75) is 63.2 Å². The average molecular weight is 538 g/mol. The number of hydrogen-bond donors (Lipinski definition) is 3. The second-order valence-corrected chi connectivity index (χ2v) is 10.7. The molecule has 2 aliphatic rings. The highest BCUT2D eigenvalue weighted by Crippen LogP contribution is 2.38. The lowest BCUT2D eigenvalue weighted by molar-refractivity contribution is -0.137. The molecule has 8 nitrogen and oxygen atoms in total. The Morgan fingerprint density at radius 3 is 2.54 bits per heavy atom. The van der Waals surface area contributed by atoms with Crippen molar-refractivity contribution in [2.24, 2.45) is 11.7 Å². The van der Waals surface area contributed by atoms with Gasteiger partial charge in [-0.2, -0.15) is 18.2 Å². The van der Waals surface area contributed by atoms with Crippen molar-refractivity contribution in [2.75, 3.05) is 30.4 Å². The Morgan fingerprint density at radius 2 is 1.86 bits per heavy atom. The largest absolute Gasteiger partial charge is 0.416 e. The minimum Gasteiger partial charge on any atom is -0.381 e. The molecule has 0 spiro atoms. The molecule has 200 valence electrons. The van der Waals surface area contributed by atoms with Crippen LogP contribution in [-0.4, -0.2) is 44.8 Å². The minimum atomic E-state index is -4.52. The number of benzene rings is 1. The molecule has 0 bridgehead atoms. The van der Waals surface area contributed by atoms with Crippen molar-refractivity contribution in [1.29, 1.82) is 0 Å². The van der Waals surface area contributed by atoms with Gasteiger partial charge in [0, 0.05) is 35.5 Å². The van der Waals surface area contributed by atoms with E-state index in [4.69, 9.17) is 27.1 Å². The van der Waals surface area contributed by atoms with Crippen LogP contribution in [0.25, 0.3) is 11.2 Å². The van der Waals surface area contributed by atoms with Gasteiger partial charge >= 0.3 is 6.18 Å². The fourth-order valence-corrected chi connectivity index (χ4v) is 5.43. The summed E-state index contributed by atoms with van der Waals surface area (Å²) in [5, 5.41) is 6.53. The molecular formula is C25H31ClF3N7O. The molecule has 1 aliphatic carbocycles. The molecule has 1 aliphatic heterocycles.